The first-order valence-corrected chi connectivity index (χ1v) is 9.78. The average Bonchev–Trinajstić information content (AvgIpc) is 3.29. The van der Waals surface area contributed by atoms with Crippen LogP contribution in [-0.2, 0) is 9.53 Å². The van der Waals surface area contributed by atoms with Gasteiger partial charge >= 0.3 is 0 Å². The Hall–Kier alpha value is -3.49. The van der Waals surface area contributed by atoms with E-state index in [-0.39, 0.29) is 24.1 Å². The first kappa shape index (κ1) is 19.8. The second-order valence-corrected chi connectivity index (χ2v) is 7.08. The predicted molar refractivity (Wildman–Crippen MR) is 116 cm³/mol. The number of ether oxygens (including phenoxy) is 1. The molecule has 8 nitrogen and oxygen atoms in total. The molecule has 1 aliphatic rings. The van der Waals surface area contributed by atoms with Crippen LogP contribution in [0.25, 0.3) is 22.0 Å². The molecule has 1 amide bonds. The highest BCUT2D eigenvalue weighted by atomic mass is 16.5. The Morgan fingerprint density at radius 3 is 2.67 bits per heavy atom. The highest BCUT2D eigenvalue weighted by Gasteiger charge is 2.15. The van der Waals surface area contributed by atoms with Crippen molar-refractivity contribution in [3.05, 3.63) is 70.7 Å². The second kappa shape index (κ2) is 8.89. The summed E-state index contributed by atoms with van der Waals surface area (Å²) in [6.45, 7) is 1.48. The van der Waals surface area contributed by atoms with E-state index in [1.54, 1.807) is 24.4 Å². The van der Waals surface area contributed by atoms with Crippen LogP contribution in [-0.4, -0.2) is 41.9 Å². The van der Waals surface area contributed by atoms with Crippen molar-refractivity contribution in [1.82, 2.24) is 15.5 Å². The normalized spacial score (nSPS) is 16.6. The minimum Gasteiger partial charge on any atom is -0.385 e. The van der Waals surface area contributed by atoms with Gasteiger partial charge in [-0.25, -0.2) is 5.10 Å². The summed E-state index contributed by atoms with van der Waals surface area (Å²) < 4.78 is 5.31. The van der Waals surface area contributed by atoms with Gasteiger partial charge in [-0.1, -0.05) is 30.3 Å². The summed E-state index contributed by atoms with van der Waals surface area (Å²) in [4.78, 5) is 24.5. The Balaban J connectivity index is 1.50. The maximum atomic E-state index is 12.5. The van der Waals surface area contributed by atoms with Gasteiger partial charge in [0.1, 0.15) is 0 Å². The number of nitrogens with two attached hydrogens (primary N) is 1. The number of carbonyl (C=O) groups excluding carboxylic acids is 1. The quantitative estimate of drug-likeness (QED) is 0.464. The molecule has 0 saturated carbocycles. The number of anilines is 1. The second-order valence-electron chi connectivity index (χ2n) is 7.08. The van der Waals surface area contributed by atoms with Crippen LogP contribution >= 0.6 is 0 Å². The number of carbonyl (C=O) groups is 1. The van der Waals surface area contributed by atoms with E-state index in [0.717, 1.165) is 24.0 Å². The van der Waals surface area contributed by atoms with E-state index in [1.165, 1.54) is 0 Å². The molecule has 0 aliphatic carbocycles. The molecule has 2 heterocycles. The van der Waals surface area contributed by atoms with Gasteiger partial charge in [0.15, 0.2) is 0 Å². The number of H-pyrrole nitrogens is 1. The molecule has 0 bridgehead atoms. The zero-order valence-electron chi connectivity index (χ0n) is 16.4. The van der Waals surface area contributed by atoms with Gasteiger partial charge in [-0.2, -0.15) is 5.10 Å². The number of hydrogen-bond acceptors (Lipinski definition) is 6. The van der Waals surface area contributed by atoms with E-state index in [4.69, 9.17) is 10.5 Å². The maximum Gasteiger partial charge on any atom is 0.272 e. The van der Waals surface area contributed by atoms with Crippen LogP contribution in [0.2, 0.25) is 0 Å². The van der Waals surface area contributed by atoms with E-state index < -0.39 is 0 Å². The SMILES string of the molecule is NC/C(=C\NC1CCOC1)C(=O)Nc1ccc(-c2n[nH]c(=O)c3ccccc23)cc1. The largest absolute Gasteiger partial charge is 0.385 e. The summed E-state index contributed by atoms with van der Waals surface area (Å²) >= 11 is 0. The van der Waals surface area contributed by atoms with E-state index in [1.807, 2.05) is 30.3 Å². The first-order chi connectivity index (χ1) is 14.7. The van der Waals surface area contributed by atoms with Crippen LogP contribution in [0.1, 0.15) is 6.42 Å². The first-order valence-electron chi connectivity index (χ1n) is 9.78. The molecule has 8 heteroatoms. The summed E-state index contributed by atoms with van der Waals surface area (Å²) in [5.74, 6) is -0.260. The minimum absolute atomic E-state index is 0.123. The summed E-state index contributed by atoms with van der Waals surface area (Å²) in [6, 6.07) is 14.8. The molecule has 4 rings (SSSR count). The Labute approximate surface area is 173 Å². The van der Waals surface area contributed by atoms with Crippen LogP contribution in [0.15, 0.2) is 65.1 Å². The van der Waals surface area contributed by atoms with Crippen molar-refractivity contribution in [2.45, 2.75) is 12.5 Å². The minimum atomic E-state index is -0.260. The number of fused-ring (bicyclic) bond motifs is 1. The molecule has 0 radical (unpaired) electrons. The van der Waals surface area contributed by atoms with E-state index in [9.17, 15) is 9.59 Å². The molecular weight excluding hydrogens is 382 g/mol. The smallest absolute Gasteiger partial charge is 0.272 e. The Morgan fingerprint density at radius 2 is 1.97 bits per heavy atom. The molecule has 3 aromatic rings. The molecule has 154 valence electrons. The molecule has 30 heavy (non-hydrogen) atoms. The molecule has 5 N–H and O–H groups in total. The van der Waals surface area contributed by atoms with Gasteiger partial charge in [0.25, 0.3) is 11.5 Å². The Bertz CT molecular complexity index is 1130. The van der Waals surface area contributed by atoms with Gasteiger partial charge in [0, 0.05) is 41.6 Å². The van der Waals surface area contributed by atoms with E-state index >= 15 is 0 Å². The number of rotatable bonds is 6. The number of amides is 1. The molecule has 1 saturated heterocycles. The van der Waals surface area contributed by atoms with Crippen LogP contribution in [0.4, 0.5) is 5.69 Å². The van der Waals surface area contributed by atoms with Crippen molar-refractivity contribution < 1.29 is 9.53 Å². The summed E-state index contributed by atoms with van der Waals surface area (Å²) in [7, 11) is 0. The fraction of sp³-hybridized carbons (Fsp3) is 0.227. The lowest BCUT2D eigenvalue weighted by Crippen LogP contribution is -2.28. The highest BCUT2D eigenvalue weighted by molar-refractivity contribution is 6.04. The van der Waals surface area contributed by atoms with Crippen molar-refractivity contribution in [3.63, 3.8) is 0 Å². The van der Waals surface area contributed by atoms with Crippen LogP contribution in [0.5, 0.6) is 0 Å². The van der Waals surface area contributed by atoms with E-state index in [2.05, 4.69) is 20.8 Å². The lowest BCUT2D eigenvalue weighted by molar-refractivity contribution is -0.112. The molecule has 0 spiro atoms. The third kappa shape index (κ3) is 4.24. The lowest BCUT2D eigenvalue weighted by Gasteiger charge is -2.11. The van der Waals surface area contributed by atoms with Crippen molar-refractivity contribution in [2.24, 2.45) is 5.73 Å². The number of aromatic amines is 1. The topological polar surface area (TPSA) is 122 Å². The molecule has 1 unspecified atom stereocenters. The van der Waals surface area contributed by atoms with Crippen LogP contribution in [0, 0.1) is 0 Å². The molecule has 1 fully saturated rings. The third-order valence-corrected chi connectivity index (χ3v) is 5.05. The summed E-state index contributed by atoms with van der Waals surface area (Å²) in [5.41, 5.74) is 8.12. The Kier molecular flexibility index (Phi) is 5.87. The lowest BCUT2D eigenvalue weighted by atomic mass is 10.0. The molecule has 1 aliphatic heterocycles. The summed E-state index contributed by atoms with van der Waals surface area (Å²) in [5, 5.41) is 14.1. The van der Waals surface area contributed by atoms with Gasteiger partial charge in [-0.3, -0.25) is 9.59 Å². The number of aromatic nitrogens is 2. The highest BCUT2D eigenvalue weighted by Crippen LogP contribution is 2.25. The van der Waals surface area contributed by atoms with Crippen LogP contribution < -0.4 is 21.9 Å². The zero-order valence-corrected chi connectivity index (χ0v) is 16.4. The van der Waals surface area contributed by atoms with Crippen molar-refractivity contribution in [1.29, 1.82) is 0 Å². The molecule has 2 aromatic carbocycles. The number of nitrogens with zero attached hydrogens (tertiary/aromatic N) is 1. The number of hydrogen-bond donors (Lipinski definition) is 4. The van der Waals surface area contributed by atoms with E-state index in [0.29, 0.717) is 28.9 Å². The van der Waals surface area contributed by atoms with Gasteiger partial charge < -0.3 is 21.1 Å². The fourth-order valence-electron chi connectivity index (χ4n) is 3.36. The standard InChI is InChI=1S/C22H23N5O3/c23-11-15(12-24-17-9-10-30-13-17)21(28)25-16-7-5-14(6-8-16)20-18-3-1-2-4-19(18)22(29)27-26-20/h1-8,12,17,24H,9-11,13,23H2,(H,25,28)(H,27,29)/b15-12+. The zero-order chi connectivity index (χ0) is 20.9. The van der Waals surface area contributed by atoms with Gasteiger partial charge in [0.05, 0.1) is 23.7 Å². The van der Waals surface area contributed by atoms with Crippen molar-refractivity contribution in [2.75, 3.05) is 25.1 Å². The predicted octanol–water partition coefficient (Wildman–Crippen LogP) is 1.75. The van der Waals surface area contributed by atoms with Gasteiger partial charge in [-0.15, -0.1) is 0 Å². The number of benzene rings is 2. The van der Waals surface area contributed by atoms with Gasteiger partial charge in [0.2, 0.25) is 0 Å². The summed E-state index contributed by atoms with van der Waals surface area (Å²) in [6.07, 6.45) is 2.57. The molecule has 1 aromatic heterocycles. The Morgan fingerprint density at radius 1 is 1.20 bits per heavy atom. The number of nitrogens with one attached hydrogen (secondary N) is 3. The molecule has 1 atom stereocenters. The molecular formula is C22H23N5O3. The average molecular weight is 405 g/mol. The monoisotopic (exact) mass is 405 g/mol. The van der Waals surface area contributed by atoms with Crippen molar-refractivity contribution >= 4 is 22.4 Å². The van der Waals surface area contributed by atoms with Crippen molar-refractivity contribution in [3.8, 4) is 11.3 Å². The van der Waals surface area contributed by atoms with Crippen LogP contribution in [0.3, 0.4) is 0 Å². The fourth-order valence-corrected chi connectivity index (χ4v) is 3.36. The maximum absolute atomic E-state index is 12.5. The third-order valence-electron chi connectivity index (χ3n) is 5.05. The van der Waals surface area contributed by atoms with Gasteiger partial charge in [-0.05, 0) is 24.6 Å².